The highest BCUT2D eigenvalue weighted by atomic mass is 14.6. The molecule has 0 aromatic rings. The summed E-state index contributed by atoms with van der Waals surface area (Å²) in [5.74, 6) is 4.53. The van der Waals surface area contributed by atoms with Crippen LogP contribution in [0.15, 0.2) is 0 Å². The van der Waals surface area contributed by atoms with Crippen molar-refractivity contribution in [3.8, 4) is 0 Å². The van der Waals surface area contributed by atoms with E-state index in [0.29, 0.717) is 5.41 Å². The molecule has 3 aliphatic carbocycles. The standard InChI is InChI=1S/C13H22.CH4/c1-13(2)8-9-7-12(13)11-6-4-3-5-10(9)11;/h9-12H,3-8H2,1-2H3;1H4. The van der Waals surface area contributed by atoms with Crippen LogP contribution in [0.5, 0.6) is 0 Å². The van der Waals surface area contributed by atoms with Gasteiger partial charge in [0.05, 0.1) is 0 Å². The maximum Gasteiger partial charge on any atom is -0.0320 e. The molecule has 3 saturated carbocycles. The van der Waals surface area contributed by atoms with Gasteiger partial charge in [-0.3, -0.25) is 0 Å². The van der Waals surface area contributed by atoms with Gasteiger partial charge < -0.3 is 0 Å². The number of rotatable bonds is 0. The van der Waals surface area contributed by atoms with Crippen LogP contribution < -0.4 is 0 Å². The Morgan fingerprint density at radius 2 is 1.64 bits per heavy atom. The largest absolute Gasteiger partial charge is 0.0776 e. The topological polar surface area (TPSA) is 0 Å². The maximum absolute atomic E-state index is 2.52. The Labute approximate surface area is 89.5 Å². The number of hydrogen-bond acceptors (Lipinski definition) is 0. The first-order valence-corrected chi connectivity index (χ1v) is 6.18. The van der Waals surface area contributed by atoms with E-state index < -0.39 is 0 Å². The van der Waals surface area contributed by atoms with Crippen molar-refractivity contribution in [2.24, 2.45) is 29.1 Å². The van der Waals surface area contributed by atoms with E-state index >= 15 is 0 Å². The first-order valence-electron chi connectivity index (χ1n) is 6.18. The van der Waals surface area contributed by atoms with Gasteiger partial charge in [0, 0.05) is 0 Å². The van der Waals surface area contributed by atoms with Crippen molar-refractivity contribution in [3.63, 3.8) is 0 Å². The predicted octanol–water partition coefficient (Wildman–Crippen LogP) is 4.49. The highest BCUT2D eigenvalue weighted by Crippen LogP contribution is 2.64. The summed E-state index contributed by atoms with van der Waals surface area (Å²) in [7, 11) is 0. The molecule has 0 radical (unpaired) electrons. The van der Waals surface area contributed by atoms with Crippen LogP contribution >= 0.6 is 0 Å². The lowest BCUT2D eigenvalue weighted by Gasteiger charge is -2.43. The van der Waals surface area contributed by atoms with Gasteiger partial charge in [-0.25, -0.2) is 0 Å². The predicted molar refractivity (Wildman–Crippen MR) is 62.2 cm³/mol. The van der Waals surface area contributed by atoms with Gasteiger partial charge >= 0.3 is 0 Å². The van der Waals surface area contributed by atoms with Gasteiger partial charge in [0.1, 0.15) is 0 Å². The van der Waals surface area contributed by atoms with E-state index in [4.69, 9.17) is 0 Å². The second-order valence-corrected chi connectivity index (χ2v) is 6.41. The minimum Gasteiger partial charge on any atom is -0.0776 e. The van der Waals surface area contributed by atoms with Crippen LogP contribution in [0, 0.1) is 29.1 Å². The Balaban J connectivity index is 0.000000750. The van der Waals surface area contributed by atoms with E-state index in [0.717, 1.165) is 23.7 Å². The molecular weight excluding hydrogens is 168 g/mol. The van der Waals surface area contributed by atoms with Crippen molar-refractivity contribution in [2.75, 3.05) is 0 Å². The average Bonchev–Trinajstić information content (AvgIpc) is 2.58. The molecule has 3 fully saturated rings. The molecule has 82 valence electrons. The molecule has 0 nitrogen and oxygen atoms in total. The molecule has 0 aliphatic heterocycles. The monoisotopic (exact) mass is 194 g/mol. The first kappa shape index (κ1) is 10.5. The molecule has 4 atom stereocenters. The van der Waals surface area contributed by atoms with Crippen molar-refractivity contribution < 1.29 is 0 Å². The second-order valence-electron chi connectivity index (χ2n) is 6.41. The fraction of sp³-hybridized carbons (Fsp3) is 1.00. The maximum atomic E-state index is 2.52. The molecule has 3 rings (SSSR count). The van der Waals surface area contributed by atoms with Crippen LogP contribution in [0.1, 0.15) is 59.8 Å². The Kier molecular flexibility index (Phi) is 2.44. The molecule has 2 bridgehead atoms. The smallest absolute Gasteiger partial charge is 0.0320 e. The van der Waals surface area contributed by atoms with E-state index in [1.54, 1.807) is 25.7 Å². The van der Waals surface area contributed by atoms with E-state index in [2.05, 4.69) is 13.8 Å². The zero-order valence-electron chi connectivity index (χ0n) is 9.05. The third kappa shape index (κ3) is 1.26. The van der Waals surface area contributed by atoms with Crippen molar-refractivity contribution >= 4 is 0 Å². The van der Waals surface area contributed by atoms with Crippen LogP contribution in [0.25, 0.3) is 0 Å². The zero-order valence-corrected chi connectivity index (χ0v) is 9.05. The van der Waals surface area contributed by atoms with Crippen molar-refractivity contribution in [2.45, 2.75) is 59.8 Å². The summed E-state index contributed by atoms with van der Waals surface area (Å²) in [6.45, 7) is 5.03. The van der Waals surface area contributed by atoms with Crippen molar-refractivity contribution in [1.29, 1.82) is 0 Å². The molecule has 4 unspecified atom stereocenters. The Morgan fingerprint density at radius 3 is 2.36 bits per heavy atom. The normalized spacial score (nSPS) is 48.4. The summed E-state index contributed by atoms with van der Waals surface area (Å²) in [6, 6.07) is 0. The molecule has 0 aromatic heterocycles. The molecule has 3 aliphatic rings. The molecule has 0 aromatic carbocycles. The molecule has 0 saturated heterocycles. The van der Waals surface area contributed by atoms with Gasteiger partial charge in [-0.2, -0.15) is 0 Å². The van der Waals surface area contributed by atoms with Crippen LogP contribution in [0.4, 0.5) is 0 Å². The highest BCUT2D eigenvalue weighted by molar-refractivity contribution is 5.05. The van der Waals surface area contributed by atoms with Crippen LogP contribution in [-0.4, -0.2) is 0 Å². The SMILES string of the molecule is C.CC1(C)CC2CC1C1CCCCC21. The Hall–Kier alpha value is 0. The van der Waals surface area contributed by atoms with Crippen LogP contribution in [-0.2, 0) is 0 Å². The molecule has 0 heterocycles. The number of fused-ring (bicyclic) bond motifs is 5. The average molecular weight is 194 g/mol. The van der Waals surface area contributed by atoms with Gasteiger partial charge in [0.15, 0.2) is 0 Å². The molecule has 14 heavy (non-hydrogen) atoms. The van der Waals surface area contributed by atoms with Crippen LogP contribution in [0.3, 0.4) is 0 Å². The third-order valence-electron chi connectivity index (χ3n) is 5.35. The summed E-state index contributed by atoms with van der Waals surface area (Å²) in [5.41, 5.74) is 0.698. The molecular formula is C14H26. The fourth-order valence-corrected chi connectivity index (χ4v) is 4.91. The van der Waals surface area contributed by atoms with E-state index in [9.17, 15) is 0 Å². The van der Waals surface area contributed by atoms with E-state index in [1.165, 1.54) is 12.8 Å². The fourth-order valence-electron chi connectivity index (χ4n) is 4.91. The van der Waals surface area contributed by atoms with Gasteiger partial charge in [-0.15, -0.1) is 0 Å². The van der Waals surface area contributed by atoms with Gasteiger partial charge in [-0.1, -0.05) is 34.1 Å². The van der Waals surface area contributed by atoms with Gasteiger partial charge in [-0.05, 0) is 54.8 Å². The minimum atomic E-state index is 0. The number of hydrogen-bond donors (Lipinski definition) is 0. The van der Waals surface area contributed by atoms with Crippen molar-refractivity contribution in [3.05, 3.63) is 0 Å². The summed E-state index contributed by atoms with van der Waals surface area (Å²) < 4.78 is 0. The molecule has 0 heteroatoms. The van der Waals surface area contributed by atoms with Crippen LogP contribution in [0.2, 0.25) is 0 Å². The summed E-state index contributed by atoms with van der Waals surface area (Å²) >= 11 is 0. The molecule has 0 spiro atoms. The highest BCUT2D eigenvalue weighted by Gasteiger charge is 2.55. The van der Waals surface area contributed by atoms with E-state index in [1.807, 2.05) is 0 Å². The lowest BCUT2D eigenvalue weighted by atomic mass is 9.62. The minimum absolute atomic E-state index is 0. The van der Waals surface area contributed by atoms with E-state index in [-0.39, 0.29) is 7.43 Å². The molecule has 0 amide bonds. The van der Waals surface area contributed by atoms with Gasteiger partial charge in [0.2, 0.25) is 0 Å². The molecule has 0 N–H and O–H groups in total. The van der Waals surface area contributed by atoms with Gasteiger partial charge in [0.25, 0.3) is 0 Å². The summed E-state index contributed by atoms with van der Waals surface area (Å²) in [6.07, 6.45) is 9.32. The van der Waals surface area contributed by atoms with Crippen molar-refractivity contribution in [1.82, 2.24) is 0 Å². The lowest BCUT2D eigenvalue weighted by molar-refractivity contribution is 0.0663. The lowest BCUT2D eigenvalue weighted by Crippen LogP contribution is -2.35. The Bertz CT molecular complexity index is 216. The third-order valence-corrected chi connectivity index (χ3v) is 5.35. The summed E-state index contributed by atoms with van der Waals surface area (Å²) in [4.78, 5) is 0. The summed E-state index contributed by atoms with van der Waals surface area (Å²) in [5, 5.41) is 0. The first-order chi connectivity index (χ1) is 6.18. The zero-order chi connectivity index (χ0) is 9.05. The quantitative estimate of drug-likeness (QED) is 0.533. The Morgan fingerprint density at radius 1 is 1.00 bits per heavy atom. The second kappa shape index (κ2) is 3.25.